The maximum atomic E-state index is 10.8. The molecule has 1 radical (unpaired) electrons. The van der Waals surface area contributed by atoms with Crippen molar-refractivity contribution in [2.24, 2.45) is 10.7 Å². The molecule has 0 aliphatic carbocycles. The zero-order chi connectivity index (χ0) is 10.9. The molecule has 0 atom stereocenters. The monoisotopic (exact) mass is 209 g/mol. The molecule has 1 aliphatic heterocycles. The number of hydrogen-bond donors (Lipinski definition) is 2. The second-order valence-electron chi connectivity index (χ2n) is 3.35. The third kappa shape index (κ3) is 5.17. The molecular weight excluding hydrogens is 192 g/mol. The van der Waals surface area contributed by atoms with Crippen LogP contribution in [0, 0.1) is 0 Å². The normalized spacial score (nSPS) is 14.7. The summed E-state index contributed by atoms with van der Waals surface area (Å²) < 4.78 is 0. The van der Waals surface area contributed by atoms with E-state index >= 15 is 0 Å². The van der Waals surface area contributed by atoms with Gasteiger partial charge in [0.2, 0.25) is 0 Å². The van der Waals surface area contributed by atoms with Crippen LogP contribution in [-0.4, -0.2) is 25.0 Å². The van der Waals surface area contributed by atoms with E-state index in [1.165, 1.54) is 6.20 Å². The van der Waals surface area contributed by atoms with Crippen molar-refractivity contribution in [3.05, 3.63) is 12.3 Å². The molecule has 0 saturated heterocycles. The molecule has 0 unspecified atom stereocenters. The number of amides is 2. The van der Waals surface area contributed by atoms with Gasteiger partial charge in [-0.05, 0) is 25.5 Å². The van der Waals surface area contributed by atoms with E-state index in [4.69, 9.17) is 5.73 Å². The van der Waals surface area contributed by atoms with Crippen molar-refractivity contribution in [1.82, 2.24) is 10.6 Å². The fourth-order valence-electron chi connectivity index (χ4n) is 1.28. The highest BCUT2D eigenvalue weighted by Gasteiger charge is 2.05. The van der Waals surface area contributed by atoms with Gasteiger partial charge in [0.25, 0.3) is 0 Å². The minimum absolute atomic E-state index is 0.442. The van der Waals surface area contributed by atoms with Gasteiger partial charge in [-0.1, -0.05) is 12.8 Å². The molecular formula is C10H17N4O. The van der Waals surface area contributed by atoms with Crippen molar-refractivity contribution < 1.29 is 4.79 Å². The predicted octanol–water partition coefficient (Wildman–Crippen LogP) is 0.745. The van der Waals surface area contributed by atoms with Crippen LogP contribution in [0.15, 0.2) is 17.3 Å². The SMILES string of the molecule is NCCCCCCNC1=NC(=O)[N]C=C1. The maximum absolute atomic E-state index is 10.8. The Bertz CT molecular complexity index is 260. The van der Waals surface area contributed by atoms with Gasteiger partial charge in [-0.3, -0.25) is 0 Å². The molecule has 1 aliphatic rings. The number of rotatable bonds is 6. The highest BCUT2D eigenvalue weighted by Crippen LogP contribution is 1.97. The van der Waals surface area contributed by atoms with Crippen molar-refractivity contribution in [3.63, 3.8) is 0 Å². The molecule has 0 aromatic carbocycles. The topological polar surface area (TPSA) is 81.6 Å². The lowest BCUT2D eigenvalue weighted by Gasteiger charge is -2.07. The van der Waals surface area contributed by atoms with E-state index < -0.39 is 6.03 Å². The summed E-state index contributed by atoms with van der Waals surface area (Å²) in [5.41, 5.74) is 5.38. The van der Waals surface area contributed by atoms with Crippen LogP contribution < -0.4 is 16.4 Å². The fourth-order valence-corrected chi connectivity index (χ4v) is 1.28. The van der Waals surface area contributed by atoms with Crippen LogP contribution in [0.3, 0.4) is 0 Å². The molecule has 0 aromatic rings. The summed E-state index contributed by atoms with van der Waals surface area (Å²) in [7, 11) is 0. The Kier molecular flexibility index (Phi) is 5.47. The number of urea groups is 1. The summed E-state index contributed by atoms with van der Waals surface area (Å²) in [6.45, 7) is 1.60. The molecule has 1 rings (SSSR count). The van der Waals surface area contributed by atoms with Crippen molar-refractivity contribution in [1.29, 1.82) is 0 Å². The van der Waals surface area contributed by atoms with Gasteiger partial charge < -0.3 is 11.1 Å². The number of aliphatic imine (C=N–C) groups is 1. The number of hydrogen-bond acceptors (Lipinski definition) is 3. The molecule has 5 heteroatoms. The van der Waals surface area contributed by atoms with Crippen molar-refractivity contribution in [2.75, 3.05) is 13.1 Å². The zero-order valence-corrected chi connectivity index (χ0v) is 8.78. The molecule has 83 valence electrons. The molecule has 1 heterocycles. The Morgan fingerprint density at radius 3 is 2.80 bits per heavy atom. The second-order valence-corrected chi connectivity index (χ2v) is 3.35. The number of amidine groups is 1. The lowest BCUT2D eigenvalue weighted by Crippen LogP contribution is -2.27. The Morgan fingerprint density at radius 1 is 1.27 bits per heavy atom. The van der Waals surface area contributed by atoms with Crippen LogP contribution in [0.1, 0.15) is 25.7 Å². The fraction of sp³-hybridized carbons (Fsp3) is 0.600. The number of nitrogens with two attached hydrogens (primary N) is 1. The van der Waals surface area contributed by atoms with E-state index in [9.17, 15) is 4.79 Å². The zero-order valence-electron chi connectivity index (χ0n) is 8.78. The maximum Gasteiger partial charge on any atom is 0.368 e. The van der Waals surface area contributed by atoms with Crippen molar-refractivity contribution >= 4 is 11.9 Å². The van der Waals surface area contributed by atoms with Gasteiger partial charge >= 0.3 is 6.03 Å². The average molecular weight is 209 g/mol. The van der Waals surface area contributed by atoms with E-state index in [0.29, 0.717) is 5.84 Å². The van der Waals surface area contributed by atoms with E-state index in [1.807, 2.05) is 0 Å². The highest BCUT2D eigenvalue weighted by atomic mass is 16.2. The lowest BCUT2D eigenvalue weighted by atomic mass is 10.2. The second kappa shape index (κ2) is 7.00. The molecule has 0 fully saturated rings. The largest absolute Gasteiger partial charge is 0.370 e. The summed E-state index contributed by atoms with van der Waals surface area (Å²) >= 11 is 0. The molecule has 0 spiro atoms. The van der Waals surface area contributed by atoms with Gasteiger partial charge in [-0.25, -0.2) is 4.79 Å². The predicted molar refractivity (Wildman–Crippen MR) is 59.6 cm³/mol. The smallest absolute Gasteiger partial charge is 0.368 e. The van der Waals surface area contributed by atoms with Crippen LogP contribution in [0.4, 0.5) is 4.79 Å². The molecule has 0 bridgehead atoms. The van der Waals surface area contributed by atoms with E-state index in [0.717, 1.165) is 38.8 Å². The number of unbranched alkanes of at least 4 members (excludes halogenated alkanes) is 3. The van der Waals surface area contributed by atoms with Gasteiger partial charge in [0.15, 0.2) is 0 Å². The van der Waals surface area contributed by atoms with Crippen LogP contribution >= 0.6 is 0 Å². The van der Waals surface area contributed by atoms with E-state index in [2.05, 4.69) is 15.6 Å². The quantitative estimate of drug-likeness (QED) is 0.633. The molecule has 2 amide bonds. The molecule has 3 N–H and O–H groups in total. The summed E-state index contributed by atoms with van der Waals surface area (Å²) in [6.07, 6.45) is 7.62. The van der Waals surface area contributed by atoms with Gasteiger partial charge in [0, 0.05) is 12.7 Å². The Morgan fingerprint density at radius 2 is 2.07 bits per heavy atom. The summed E-state index contributed by atoms with van der Waals surface area (Å²) in [5.74, 6) is 0.605. The standard InChI is InChI=1S/C10H17N4O/c11-6-3-1-2-4-7-12-9-5-8-13-10(15)14-9/h5,8H,1-4,6-7,11H2,(H,12,14,15). The molecule has 0 saturated carbocycles. The lowest BCUT2D eigenvalue weighted by molar-refractivity contribution is 0.251. The minimum atomic E-state index is -0.442. The van der Waals surface area contributed by atoms with Gasteiger partial charge in [0.1, 0.15) is 5.84 Å². The first-order valence-electron chi connectivity index (χ1n) is 5.27. The summed E-state index contributed by atoms with van der Waals surface area (Å²) in [6, 6.07) is -0.442. The third-order valence-electron chi connectivity index (χ3n) is 2.07. The Labute approximate surface area is 89.8 Å². The van der Waals surface area contributed by atoms with Gasteiger partial charge in [-0.15, -0.1) is 0 Å². The number of carbonyl (C=O) groups excluding carboxylic acids is 1. The summed E-state index contributed by atoms with van der Waals surface area (Å²) in [4.78, 5) is 14.5. The molecule has 5 nitrogen and oxygen atoms in total. The first kappa shape index (κ1) is 11.7. The van der Waals surface area contributed by atoms with E-state index in [-0.39, 0.29) is 0 Å². The van der Waals surface area contributed by atoms with Crippen molar-refractivity contribution in [3.8, 4) is 0 Å². The Hall–Kier alpha value is -1.36. The Balaban J connectivity index is 2.05. The van der Waals surface area contributed by atoms with E-state index in [1.54, 1.807) is 6.08 Å². The highest BCUT2D eigenvalue weighted by molar-refractivity contribution is 6.02. The van der Waals surface area contributed by atoms with Crippen LogP contribution in [0.5, 0.6) is 0 Å². The van der Waals surface area contributed by atoms with Crippen LogP contribution in [0.25, 0.3) is 0 Å². The number of nitrogens with one attached hydrogen (secondary N) is 1. The summed E-state index contributed by atoms with van der Waals surface area (Å²) in [5, 5.41) is 6.57. The van der Waals surface area contributed by atoms with Gasteiger partial charge in [0.05, 0.1) is 0 Å². The van der Waals surface area contributed by atoms with Crippen LogP contribution in [-0.2, 0) is 0 Å². The van der Waals surface area contributed by atoms with Crippen molar-refractivity contribution in [2.45, 2.75) is 25.7 Å². The first-order valence-corrected chi connectivity index (χ1v) is 5.27. The average Bonchev–Trinajstić information content (AvgIpc) is 2.23. The van der Waals surface area contributed by atoms with Gasteiger partial charge in [-0.2, -0.15) is 10.3 Å². The molecule has 15 heavy (non-hydrogen) atoms. The number of nitrogens with zero attached hydrogens (tertiary/aromatic N) is 2. The van der Waals surface area contributed by atoms with Crippen LogP contribution in [0.2, 0.25) is 0 Å². The molecule has 0 aromatic heterocycles. The first-order chi connectivity index (χ1) is 7.33. The number of carbonyl (C=O) groups is 1. The third-order valence-corrected chi connectivity index (χ3v) is 2.07. The minimum Gasteiger partial charge on any atom is -0.370 e.